The number of para-hydroxylation sites is 1. The Labute approximate surface area is 191 Å². The summed E-state index contributed by atoms with van der Waals surface area (Å²) < 4.78 is 11.4. The number of ketones is 1. The van der Waals surface area contributed by atoms with Gasteiger partial charge in [0.05, 0.1) is 16.7 Å². The molecule has 4 aromatic carbocycles. The molecule has 0 aliphatic rings. The molecule has 0 heterocycles. The average molecular weight is 438 g/mol. The second kappa shape index (κ2) is 10.3. The van der Waals surface area contributed by atoms with Crippen molar-refractivity contribution < 1.29 is 24.2 Å². The van der Waals surface area contributed by atoms with Crippen molar-refractivity contribution in [2.75, 3.05) is 0 Å². The van der Waals surface area contributed by atoms with E-state index in [-0.39, 0.29) is 41.4 Å². The summed E-state index contributed by atoms with van der Waals surface area (Å²) in [4.78, 5) is 25.8. The number of aromatic hydroxyl groups is 1. The molecule has 4 aromatic rings. The van der Waals surface area contributed by atoms with Crippen molar-refractivity contribution in [2.45, 2.75) is 13.2 Å². The molecular weight excluding hydrogens is 416 g/mol. The second-order valence-corrected chi connectivity index (χ2v) is 7.39. The van der Waals surface area contributed by atoms with Crippen LogP contribution in [0.1, 0.15) is 37.4 Å². The Morgan fingerprint density at radius 3 is 1.94 bits per heavy atom. The average Bonchev–Trinajstić information content (AvgIpc) is 2.87. The fourth-order valence-corrected chi connectivity index (χ4v) is 3.31. The number of esters is 1. The van der Waals surface area contributed by atoms with Crippen molar-refractivity contribution >= 4 is 11.8 Å². The predicted octanol–water partition coefficient (Wildman–Crippen LogP) is 5.56. The maximum Gasteiger partial charge on any atom is 0.338 e. The second-order valence-electron chi connectivity index (χ2n) is 7.39. The van der Waals surface area contributed by atoms with Crippen LogP contribution >= 0.6 is 0 Å². The molecule has 0 saturated heterocycles. The zero-order valence-corrected chi connectivity index (χ0v) is 17.8. The molecule has 5 nitrogen and oxygen atoms in total. The van der Waals surface area contributed by atoms with Crippen LogP contribution in [0.5, 0.6) is 11.5 Å². The molecular formula is C28H22O5. The van der Waals surface area contributed by atoms with E-state index >= 15 is 0 Å². The molecule has 0 saturated carbocycles. The van der Waals surface area contributed by atoms with Gasteiger partial charge in [-0.25, -0.2) is 4.79 Å². The molecule has 33 heavy (non-hydrogen) atoms. The van der Waals surface area contributed by atoms with Crippen molar-refractivity contribution in [3.63, 3.8) is 0 Å². The van der Waals surface area contributed by atoms with E-state index in [1.54, 1.807) is 18.2 Å². The quantitative estimate of drug-likeness (QED) is 0.288. The maximum absolute atomic E-state index is 13.1. The van der Waals surface area contributed by atoms with E-state index in [1.807, 2.05) is 60.7 Å². The summed E-state index contributed by atoms with van der Waals surface area (Å²) in [5.41, 5.74) is 2.45. The minimum absolute atomic E-state index is 0.122. The summed E-state index contributed by atoms with van der Waals surface area (Å²) in [6, 6.07) is 29.7. The fourth-order valence-electron chi connectivity index (χ4n) is 3.31. The topological polar surface area (TPSA) is 72.8 Å². The number of rotatable bonds is 8. The monoisotopic (exact) mass is 438 g/mol. The van der Waals surface area contributed by atoms with Crippen LogP contribution in [0.3, 0.4) is 0 Å². The highest BCUT2D eigenvalue weighted by atomic mass is 16.5. The molecule has 5 heteroatoms. The molecule has 164 valence electrons. The van der Waals surface area contributed by atoms with Crippen molar-refractivity contribution in [1.29, 1.82) is 0 Å². The molecule has 0 aliphatic heterocycles. The lowest BCUT2D eigenvalue weighted by atomic mass is 10.00. The Bertz CT molecular complexity index is 1250. The van der Waals surface area contributed by atoms with Crippen LogP contribution in [-0.4, -0.2) is 16.9 Å². The molecule has 0 bridgehead atoms. The highest BCUT2D eigenvalue weighted by molar-refractivity contribution is 6.12. The van der Waals surface area contributed by atoms with Crippen LogP contribution in [0.15, 0.2) is 103 Å². The van der Waals surface area contributed by atoms with Crippen LogP contribution in [0, 0.1) is 0 Å². The Hall–Kier alpha value is -4.38. The Morgan fingerprint density at radius 1 is 0.667 bits per heavy atom. The molecule has 0 aromatic heterocycles. The van der Waals surface area contributed by atoms with E-state index < -0.39 is 11.8 Å². The molecule has 0 spiro atoms. The van der Waals surface area contributed by atoms with E-state index in [2.05, 4.69) is 0 Å². The van der Waals surface area contributed by atoms with Crippen molar-refractivity contribution in [3.8, 4) is 11.5 Å². The summed E-state index contributed by atoms with van der Waals surface area (Å²) in [6.45, 7) is 0.350. The number of benzene rings is 4. The lowest BCUT2D eigenvalue weighted by Crippen LogP contribution is -2.10. The third-order valence-corrected chi connectivity index (χ3v) is 5.06. The molecule has 0 atom stereocenters. The summed E-state index contributed by atoms with van der Waals surface area (Å²) in [5, 5.41) is 10.1. The van der Waals surface area contributed by atoms with Crippen LogP contribution < -0.4 is 4.74 Å². The SMILES string of the molecule is O=C(OCc1ccccc1)c1ccc(C(=O)c2ccccc2O)c(OCc2ccccc2)c1. The number of phenols is 1. The number of carbonyl (C=O) groups is 2. The molecule has 0 aliphatic carbocycles. The summed E-state index contributed by atoms with van der Waals surface area (Å²) in [7, 11) is 0. The van der Waals surface area contributed by atoms with Crippen LogP contribution in [-0.2, 0) is 18.0 Å². The van der Waals surface area contributed by atoms with Crippen molar-refractivity contribution in [1.82, 2.24) is 0 Å². The predicted molar refractivity (Wildman–Crippen MR) is 124 cm³/mol. The first-order valence-electron chi connectivity index (χ1n) is 10.5. The first-order chi connectivity index (χ1) is 16.1. The van der Waals surface area contributed by atoms with Gasteiger partial charge in [0.2, 0.25) is 0 Å². The van der Waals surface area contributed by atoms with Gasteiger partial charge in [-0.15, -0.1) is 0 Å². The zero-order valence-electron chi connectivity index (χ0n) is 17.8. The van der Waals surface area contributed by atoms with Crippen molar-refractivity contribution in [3.05, 3.63) is 131 Å². The van der Waals surface area contributed by atoms with Crippen molar-refractivity contribution in [2.24, 2.45) is 0 Å². The Balaban J connectivity index is 1.60. The van der Waals surface area contributed by atoms with Gasteiger partial charge in [0, 0.05) is 0 Å². The van der Waals surface area contributed by atoms with Gasteiger partial charge in [0.15, 0.2) is 5.78 Å². The number of phenolic OH excluding ortho intramolecular Hbond substituents is 1. The smallest absolute Gasteiger partial charge is 0.338 e. The van der Waals surface area contributed by atoms with Gasteiger partial charge in [-0.2, -0.15) is 0 Å². The minimum Gasteiger partial charge on any atom is -0.507 e. The van der Waals surface area contributed by atoms with Gasteiger partial charge >= 0.3 is 5.97 Å². The Kier molecular flexibility index (Phi) is 6.81. The minimum atomic E-state index is -0.523. The van der Waals surface area contributed by atoms with E-state index in [1.165, 1.54) is 24.3 Å². The van der Waals surface area contributed by atoms with Gasteiger partial charge in [-0.1, -0.05) is 72.8 Å². The summed E-state index contributed by atoms with van der Waals surface area (Å²) in [6.07, 6.45) is 0. The van der Waals surface area contributed by atoms with Gasteiger partial charge in [0.25, 0.3) is 0 Å². The standard InChI is InChI=1S/C28H22O5/c29-25-14-8-7-13-23(25)27(30)24-16-15-22(28(31)33-19-21-11-5-2-6-12-21)17-26(24)32-18-20-9-3-1-4-10-20/h1-17,29H,18-19H2. The lowest BCUT2D eigenvalue weighted by Gasteiger charge is -2.13. The normalized spacial score (nSPS) is 10.4. The molecule has 1 N–H and O–H groups in total. The van der Waals surface area contributed by atoms with E-state index in [9.17, 15) is 14.7 Å². The molecule has 0 unspecified atom stereocenters. The number of ether oxygens (including phenoxy) is 2. The highest BCUT2D eigenvalue weighted by Crippen LogP contribution is 2.28. The first kappa shape index (κ1) is 21.8. The van der Waals surface area contributed by atoms with E-state index in [4.69, 9.17) is 9.47 Å². The lowest BCUT2D eigenvalue weighted by molar-refractivity contribution is 0.0472. The molecule has 0 amide bonds. The van der Waals surface area contributed by atoms with E-state index in [0.29, 0.717) is 0 Å². The van der Waals surface area contributed by atoms with Crippen LogP contribution in [0.4, 0.5) is 0 Å². The maximum atomic E-state index is 13.1. The third kappa shape index (κ3) is 5.46. The third-order valence-electron chi connectivity index (χ3n) is 5.06. The Morgan fingerprint density at radius 2 is 1.27 bits per heavy atom. The van der Waals surface area contributed by atoms with Gasteiger partial charge in [-0.05, 0) is 41.5 Å². The van der Waals surface area contributed by atoms with Crippen LogP contribution in [0.2, 0.25) is 0 Å². The largest absolute Gasteiger partial charge is 0.507 e. The number of carbonyl (C=O) groups excluding carboxylic acids is 2. The molecule has 0 fully saturated rings. The number of hydrogen-bond donors (Lipinski definition) is 1. The summed E-state index contributed by atoms with van der Waals surface area (Å²) >= 11 is 0. The molecule has 4 rings (SSSR count). The highest BCUT2D eigenvalue weighted by Gasteiger charge is 2.20. The first-order valence-corrected chi connectivity index (χ1v) is 10.5. The van der Waals surface area contributed by atoms with Gasteiger partial charge in [-0.3, -0.25) is 4.79 Å². The fraction of sp³-hybridized carbons (Fsp3) is 0.0714. The van der Waals surface area contributed by atoms with E-state index in [0.717, 1.165) is 11.1 Å². The number of hydrogen-bond acceptors (Lipinski definition) is 5. The molecule has 0 radical (unpaired) electrons. The summed E-state index contributed by atoms with van der Waals surface area (Å²) in [5.74, 6) is -0.811. The van der Waals surface area contributed by atoms with Gasteiger partial charge in [0.1, 0.15) is 24.7 Å². The zero-order chi connectivity index (χ0) is 23.0. The van der Waals surface area contributed by atoms with Gasteiger partial charge < -0.3 is 14.6 Å². The van der Waals surface area contributed by atoms with Crippen LogP contribution in [0.25, 0.3) is 0 Å².